The van der Waals surface area contributed by atoms with Crippen molar-refractivity contribution >= 4 is 31.2 Å². The molecule has 0 aromatic carbocycles. The third kappa shape index (κ3) is 26.5. The van der Waals surface area contributed by atoms with Crippen molar-refractivity contribution in [3.8, 4) is 0 Å². The van der Waals surface area contributed by atoms with Crippen LogP contribution in [-0.2, 0) is 37.7 Å². The van der Waals surface area contributed by atoms with Crippen molar-refractivity contribution in [3.63, 3.8) is 0 Å². The zero-order chi connectivity index (χ0) is 30.1. The molecule has 0 spiro atoms. The van der Waals surface area contributed by atoms with Crippen molar-refractivity contribution < 1.29 is 42.6 Å². The Kier molecular flexibility index (Phi) is 23.9. The van der Waals surface area contributed by atoms with E-state index >= 15 is 0 Å². The summed E-state index contributed by atoms with van der Waals surface area (Å²) in [5, 5.41) is 2.46. The molecule has 0 aliphatic carbocycles. The smallest absolute Gasteiger partial charge is 0.328 e. The Hall–Kier alpha value is -1.77. The van der Waals surface area contributed by atoms with Crippen molar-refractivity contribution in [2.24, 2.45) is 0 Å². The highest BCUT2D eigenvalue weighted by Gasteiger charge is 2.25. The van der Waals surface area contributed by atoms with Crippen molar-refractivity contribution in [1.82, 2.24) is 5.32 Å². The standard InChI is InChI=1S/C29H54NO9P/c1-4-5-6-7-8-9-10-11-12-13-14-15-16-17-28(33)37-24-27(39-29(34)19-18-25(2)31)20-23-40(35,36)38-22-21-30-26(3)32/h27H,4-24H2,1-3H3,(H,30,32)(H,35,36)/t27-/m0/s1. The van der Waals surface area contributed by atoms with Gasteiger partial charge in [-0.1, -0.05) is 84.0 Å². The van der Waals surface area contributed by atoms with E-state index < -0.39 is 25.6 Å². The number of Topliss-reactive ketones (excluding diaryl/α,β-unsaturated/α-hetero) is 1. The topological polar surface area (TPSA) is 145 Å². The lowest BCUT2D eigenvalue weighted by atomic mass is 10.0. The molecule has 0 bridgehead atoms. The monoisotopic (exact) mass is 591 g/mol. The van der Waals surface area contributed by atoms with Crippen LogP contribution in [0.3, 0.4) is 0 Å². The number of nitrogens with one attached hydrogen (secondary N) is 1. The average Bonchev–Trinajstić information content (AvgIpc) is 2.89. The number of hydrogen-bond donors (Lipinski definition) is 2. The third-order valence-corrected chi connectivity index (χ3v) is 7.81. The molecule has 2 atom stereocenters. The van der Waals surface area contributed by atoms with Crippen LogP contribution in [0.15, 0.2) is 0 Å². The van der Waals surface area contributed by atoms with E-state index in [1.165, 1.54) is 71.6 Å². The molecular formula is C29H54NO9P. The molecule has 0 aliphatic heterocycles. The van der Waals surface area contributed by atoms with E-state index in [-0.39, 0.29) is 63.3 Å². The summed E-state index contributed by atoms with van der Waals surface area (Å²) in [5.74, 6) is -1.50. The van der Waals surface area contributed by atoms with Gasteiger partial charge in [-0.15, -0.1) is 0 Å². The van der Waals surface area contributed by atoms with E-state index in [1.54, 1.807) is 0 Å². The van der Waals surface area contributed by atoms with Crippen LogP contribution in [0.2, 0.25) is 0 Å². The van der Waals surface area contributed by atoms with Gasteiger partial charge in [0.2, 0.25) is 5.91 Å². The molecule has 1 unspecified atom stereocenters. The number of amides is 1. The second kappa shape index (κ2) is 25.0. The van der Waals surface area contributed by atoms with Crippen molar-refractivity contribution in [2.75, 3.05) is 25.9 Å². The van der Waals surface area contributed by atoms with Gasteiger partial charge in [0, 0.05) is 26.3 Å². The number of hydrogen-bond acceptors (Lipinski definition) is 8. The van der Waals surface area contributed by atoms with E-state index in [0.29, 0.717) is 6.42 Å². The normalized spacial score (nSPS) is 13.3. The lowest BCUT2D eigenvalue weighted by Crippen LogP contribution is -2.27. The summed E-state index contributed by atoms with van der Waals surface area (Å²) in [5.41, 5.74) is 0. The highest BCUT2D eigenvalue weighted by molar-refractivity contribution is 7.52. The Balaban J connectivity index is 4.26. The Morgan fingerprint density at radius 3 is 1.85 bits per heavy atom. The van der Waals surface area contributed by atoms with Gasteiger partial charge < -0.3 is 29.0 Å². The number of carbonyl (C=O) groups excluding carboxylic acids is 4. The van der Waals surface area contributed by atoms with E-state index in [2.05, 4.69) is 12.2 Å². The van der Waals surface area contributed by atoms with E-state index in [4.69, 9.17) is 14.0 Å². The fourth-order valence-electron chi connectivity index (χ4n) is 4.03. The van der Waals surface area contributed by atoms with E-state index in [9.17, 15) is 28.6 Å². The molecule has 0 aromatic heterocycles. The predicted molar refractivity (Wildman–Crippen MR) is 155 cm³/mol. The molecule has 2 N–H and O–H groups in total. The summed E-state index contributed by atoms with van der Waals surface area (Å²) in [7, 11) is -4.01. The Morgan fingerprint density at radius 1 is 0.775 bits per heavy atom. The van der Waals surface area contributed by atoms with Crippen LogP contribution >= 0.6 is 7.60 Å². The van der Waals surface area contributed by atoms with Crippen LogP contribution in [0, 0.1) is 0 Å². The SMILES string of the molecule is CCCCCCCCCCCCCCCC(=O)OC[C@H](CCP(=O)(O)OCCNC(C)=O)OC(=O)CCC(C)=O. The van der Waals surface area contributed by atoms with Crippen LogP contribution < -0.4 is 5.32 Å². The molecule has 11 heteroatoms. The molecule has 10 nitrogen and oxygen atoms in total. The van der Waals surface area contributed by atoms with Gasteiger partial charge in [0.05, 0.1) is 19.2 Å². The minimum absolute atomic E-state index is 0.0230. The summed E-state index contributed by atoms with van der Waals surface area (Å²) in [6.07, 6.45) is 14.5. The first kappa shape index (κ1) is 38.2. The lowest BCUT2D eigenvalue weighted by Gasteiger charge is -2.20. The van der Waals surface area contributed by atoms with Crippen LogP contribution in [0.5, 0.6) is 0 Å². The zero-order valence-corrected chi connectivity index (χ0v) is 26.0. The Morgan fingerprint density at radius 2 is 1.32 bits per heavy atom. The molecule has 0 aromatic rings. The maximum atomic E-state index is 12.3. The maximum Gasteiger partial charge on any atom is 0.328 e. The fraction of sp³-hybridized carbons (Fsp3) is 0.862. The number of ether oxygens (including phenoxy) is 2. The summed E-state index contributed by atoms with van der Waals surface area (Å²) in [4.78, 5) is 56.4. The number of esters is 2. The van der Waals surface area contributed by atoms with Crippen LogP contribution in [0.25, 0.3) is 0 Å². The molecule has 0 radical (unpaired) electrons. The minimum atomic E-state index is -4.01. The summed E-state index contributed by atoms with van der Waals surface area (Å²) in [6.45, 7) is 4.62. The van der Waals surface area contributed by atoms with Crippen molar-refractivity contribution in [1.29, 1.82) is 0 Å². The largest absolute Gasteiger partial charge is 0.462 e. The second-order valence-electron chi connectivity index (χ2n) is 10.5. The summed E-state index contributed by atoms with van der Waals surface area (Å²) in [6, 6.07) is 0. The Labute approximate surface area is 241 Å². The quantitative estimate of drug-likeness (QED) is 0.0665. The van der Waals surface area contributed by atoms with Crippen molar-refractivity contribution in [2.45, 2.75) is 136 Å². The average molecular weight is 592 g/mol. The Bertz CT molecular complexity index is 760. The molecule has 234 valence electrons. The minimum Gasteiger partial charge on any atom is -0.462 e. The zero-order valence-electron chi connectivity index (χ0n) is 25.1. The molecule has 0 heterocycles. The number of rotatable bonds is 27. The van der Waals surface area contributed by atoms with Gasteiger partial charge in [0.25, 0.3) is 0 Å². The van der Waals surface area contributed by atoms with Gasteiger partial charge in [-0.25, -0.2) is 0 Å². The van der Waals surface area contributed by atoms with Gasteiger partial charge in [-0.3, -0.25) is 18.9 Å². The molecule has 0 fully saturated rings. The van der Waals surface area contributed by atoms with Gasteiger partial charge in [0.1, 0.15) is 18.5 Å². The first-order chi connectivity index (χ1) is 19.1. The van der Waals surface area contributed by atoms with E-state index in [1.807, 2.05) is 0 Å². The maximum absolute atomic E-state index is 12.3. The lowest BCUT2D eigenvalue weighted by molar-refractivity contribution is -0.159. The fourth-order valence-corrected chi connectivity index (χ4v) is 5.15. The van der Waals surface area contributed by atoms with Crippen molar-refractivity contribution in [3.05, 3.63) is 0 Å². The number of ketones is 1. The number of unbranched alkanes of at least 4 members (excludes halogenated alkanes) is 12. The van der Waals surface area contributed by atoms with Crippen LogP contribution in [0.4, 0.5) is 0 Å². The molecular weight excluding hydrogens is 537 g/mol. The second-order valence-corrected chi connectivity index (χ2v) is 12.4. The van der Waals surface area contributed by atoms with Gasteiger partial charge in [-0.2, -0.15) is 0 Å². The highest BCUT2D eigenvalue weighted by atomic mass is 31.2. The molecule has 0 saturated carbocycles. The molecule has 0 rings (SSSR count). The highest BCUT2D eigenvalue weighted by Crippen LogP contribution is 2.42. The van der Waals surface area contributed by atoms with Gasteiger partial charge in [0.15, 0.2) is 0 Å². The van der Waals surface area contributed by atoms with Gasteiger partial charge in [-0.05, 0) is 19.8 Å². The third-order valence-electron chi connectivity index (χ3n) is 6.40. The molecule has 40 heavy (non-hydrogen) atoms. The molecule has 0 aliphatic rings. The van der Waals surface area contributed by atoms with Crippen LogP contribution in [0.1, 0.15) is 130 Å². The van der Waals surface area contributed by atoms with Crippen LogP contribution in [-0.4, -0.2) is 60.5 Å². The molecule has 1 amide bonds. The van der Waals surface area contributed by atoms with E-state index in [0.717, 1.165) is 19.3 Å². The first-order valence-electron chi connectivity index (χ1n) is 15.1. The molecule has 0 saturated heterocycles. The number of carbonyl (C=O) groups is 4. The predicted octanol–water partition coefficient (Wildman–Crippen LogP) is 6.02. The first-order valence-corrected chi connectivity index (χ1v) is 16.9. The summed E-state index contributed by atoms with van der Waals surface area (Å²) >= 11 is 0. The summed E-state index contributed by atoms with van der Waals surface area (Å²) < 4.78 is 27.9. The van der Waals surface area contributed by atoms with Gasteiger partial charge >= 0.3 is 19.5 Å².